The third-order valence-electron chi connectivity index (χ3n) is 2.33. The molecule has 0 unspecified atom stereocenters. The predicted octanol–water partition coefficient (Wildman–Crippen LogP) is 2.48. The number of rotatable bonds is 6. The Hall–Kier alpha value is -1.93. The Morgan fingerprint density at radius 3 is 2.90 bits per heavy atom. The number of thiophene rings is 1. The number of hydrogen-bond acceptors (Lipinski definition) is 6. The molecule has 1 amide bonds. The lowest BCUT2D eigenvalue weighted by molar-refractivity contribution is -0.118. The number of nitrogens with one attached hydrogen (secondary N) is 1. The first kappa shape index (κ1) is 14.5. The van der Waals surface area contributed by atoms with Crippen molar-refractivity contribution in [2.75, 3.05) is 11.9 Å². The Balaban J connectivity index is 1.98. The molecule has 2 aromatic heterocycles. The van der Waals surface area contributed by atoms with Gasteiger partial charge in [0.1, 0.15) is 5.75 Å². The molecule has 20 heavy (non-hydrogen) atoms. The molecule has 0 aliphatic rings. The van der Waals surface area contributed by atoms with Crippen molar-refractivity contribution in [2.24, 2.45) is 0 Å². The fourth-order valence-electron chi connectivity index (χ4n) is 1.44. The van der Waals surface area contributed by atoms with Gasteiger partial charge in [-0.3, -0.25) is 10.1 Å². The van der Waals surface area contributed by atoms with Crippen LogP contribution < -0.4 is 10.1 Å². The third kappa shape index (κ3) is 3.55. The number of anilines is 1. The minimum absolute atomic E-state index is 0.115. The Labute approximate surface area is 123 Å². The molecule has 2 heterocycles. The van der Waals surface area contributed by atoms with Crippen LogP contribution in [0.5, 0.6) is 5.75 Å². The largest absolute Gasteiger partial charge is 0.482 e. The number of aromatic nitrogens is 1. The summed E-state index contributed by atoms with van der Waals surface area (Å²) in [6.07, 6.45) is 2.30. The average Bonchev–Trinajstić information content (AvgIpc) is 3.04. The number of hydrogen-bond donors (Lipinski definition) is 2. The zero-order valence-electron chi connectivity index (χ0n) is 10.6. The molecule has 6 nitrogen and oxygen atoms in total. The van der Waals surface area contributed by atoms with Crippen molar-refractivity contribution in [3.05, 3.63) is 27.4 Å². The van der Waals surface area contributed by atoms with Crippen LogP contribution in [0, 0.1) is 0 Å². The van der Waals surface area contributed by atoms with Crippen LogP contribution in [0.3, 0.4) is 0 Å². The molecular formula is C12H12N2O4S2. The summed E-state index contributed by atoms with van der Waals surface area (Å²) in [4.78, 5) is 27.6. The van der Waals surface area contributed by atoms with Gasteiger partial charge >= 0.3 is 5.97 Å². The van der Waals surface area contributed by atoms with E-state index in [-0.39, 0.29) is 23.1 Å². The molecule has 106 valence electrons. The van der Waals surface area contributed by atoms with Crippen molar-refractivity contribution in [3.8, 4) is 5.75 Å². The lowest BCUT2D eigenvalue weighted by Gasteiger charge is -2.04. The number of carboxylic acid groups (broad SMARTS) is 1. The Morgan fingerprint density at radius 2 is 2.30 bits per heavy atom. The van der Waals surface area contributed by atoms with E-state index in [1.54, 1.807) is 17.6 Å². The molecule has 0 aliphatic heterocycles. The highest BCUT2D eigenvalue weighted by Gasteiger charge is 2.17. The first-order valence-corrected chi connectivity index (χ1v) is 7.48. The van der Waals surface area contributed by atoms with Crippen molar-refractivity contribution in [2.45, 2.75) is 13.3 Å². The molecule has 8 heteroatoms. The van der Waals surface area contributed by atoms with Gasteiger partial charge in [-0.1, -0.05) is 6.92 Å². The van der Waals surface area contributed by atoms with E-state index in [0.717, 1.165) is 22.6 Å². The van der Waals surface area contributed by atoms with Crippen LogP contribution in [0.4, 0.5) is 5.13 Å². The van der Waals surface area contributed by atoms with Crippen molar-refractivity contribution >= 4 is 39.7 Å². The predicted molar refractivity (Wildman–Crippen MR) is 76.9 cm³/mol. The average molecular weight is 312 g/mol. The molecule has 0 saturated carbocycles. The van der Waals surface area contributed by atoms with Gasteiger partial charge in [0.15, 0.2) is 16.6 Å². The van der Waals surface area contributed by atoms with Gasteiger partial charge < -0.3 is 9.84 Å². The number of carboxylic acids is 1. The Bertz CT molecular complexity index is 607. The molecule has 2 rings (SSSR count). The maximum atomic E-state index is 11.6. The fourth-order valence-corrected chi connectivity index (χ4v) is 2.86. The van der Waals surface area contributed by atoms with Crippen molar-refractivity contribution in [1.29, 1.82) is 0 Å². The molecule has 0 bridgehead atoms. The van der Waals surface area contributed by atoms with Gasteiger partial charge in [0, 0.05) is 16.5 Å². The number of aryl methyl sites for hydroxylation is 1. The molecule has 0 spiro atoms. The van der Waals surface area contributed by atoms with Gasteiger partial charge in [-0.2, -0.15) is 0 Å². The Morgan fingerprint density at radius 1 is 1.50 bits per heavy atom. The molecule has 0 saturated heterocycles. The van der Waals surface area contributed by atoms with Gasteiger partial charge in [0.05, 0.1) is 0 Å². The molecule has 0 fully saturated rings. The molecule has 0 aliphatic carbocycles. The van der Waals surface area contributed by atoms with E-state index >= 15 is 0 Å². The fraction of sp³-hybridized carbons (Fsp3) is 0.250. The summed E-state index contributed by atoms with van der Waals surface area (Å²) in [5.74, 6) is -1.20. The van der Waals surface area contributed by atoms with E-state index in [0.29, 0.717) is 5.13 Å². The third-order valence-corrected chi connectivity index (χ3v) is 4.27. The van der Waals surface area contributed by atoms with Crippen LogP contribution in [0.25, 0.3) is 0 Å². The molecule has 2 aromatic rings. The highest BCUT2D eigenvalue weighted by atomic mass is 32.1. The first-order valence-electron chi connectivity index (χ1n) is 5.78. The van der Waals surface area contributed by atoms with Crippen LogP contribution >= 0.6 is 22.7 Å². The molecular weight excluding hydrogens is 300 g/mol. The number of carbonyl (C=O) groups is 2. The number of carbonyl (C=O) groups excluding carboxylic acids is 1. The van der Waals surface area contributed by atoms with Crippen LogP contribution in [0.15, 0.2) is 17.6 Å². The molecule has 0 atom stereocenters. The number of nitrogens with zero attached hydrogens (tertiary/aromatic N) is 1. The van der Waals surface area contributed by atoms with E-state index in [1.165, 1.54) is 11.3 Å². The number of ether oxygens (including phenoxy) is 1. The second-order valence-electron chi connectivity index (χ2n) is 3.74. The maximum Gasteiger partial charge on any atom is 0.349 e. The summed E-state index contributed by atoms with van der Waals surface area (Å²) in [5, 5.41) is 13.9. The van der Waals surface area contributed by atoms with Gasteiger partial charge in [-0.05, 0) is 12.5 Å². The number of amides is 1. The minimum atomic E-state index is -1.05. The van der Waals surface area contributed by atoms with E-state index in [9.17, 15) is 9.59 Å². The second-order valence-corrected chi connectivity index (χ2v) is 5.77. The molecule has 0 aromatic carbocycles. The van der Waals surface area contributed by atoms with Crippen molar-refractivity contribution < 1.29 is 19.4 Å². The summed E-state index contributed by atoms with van der Waals surface area (Å²) in [7, 11) is 0. The summed E-state index contributed by atoms with van der Waals surface area (Å²) < 4.78 is 5.29. The number of thiazole rings is 1. The van der Waals surface area contributed by atoms with Crippen LogP contribution in [-0.2, 0) is 11.2 Å². The van der Waals surface area contributed by atoms with E-state index in [1.807, 2.05) is 6.92 Å². The summed E-state index contributed by atoms with van der Waals surface area (Å²) in [5.41, 5.74) is 0. The van der Waals surface area contributed by atoms with Crippen LogP contribution in [-0.4, -0.2) is 28.6 Å². The van der Waals surface area contributed by atoms with E-state index in [2.05, 4.69) is 10.3 Å². The van der Waals surface area contributed by atoms with Gasteiger partial charge in [0.25, 0.3) is 5.91 Å². The topological polar surface area (TPSA) is 88.5 Å². The zero-order chi connectivity index (χ0) is 14.5. The van der Waals surface area contributed by atoms with Crippen molar-refractivity contribution in [3.63, 3.8) is 0 Å². The smallest absolute Gasteiger partial charge is 0.349 e. The zero-order valence-corrected chi connectivity index (χ0v) is 12.2. The van der Waals surface area contributed by atoms with Gasteiger partial charge in [-0.15, -0.1) is 22.7 Å². The monoisotopic (exact) mass is 312 g/mol. The van der Waals surface area contributed by atoms with Crippen LogP contribution in [0.1, 0.15) is 21.5 Å². The van der Waals surface area contributed by atoms with Crippen LogP contribution in [0.2, 0.25) is 0 Å². The standard InChI is InChI=1S/C12H12N2O4S2/c1-2-7-5-8(10(20-7)11(16)17)18-6-9(15)14-12-13-3-4-19-12/h3-5H,2,6H2,1H3,(H,16,17)(H,13,14,15). The Kier molecular flexibility index (Phi) is 4.70. The summed E-state index contributed by atoms with van der Waals surface area (Å²) in [6.45, 7) is 1.68. The van der Waals surface area contributed by atoms with Crippen molar-refractivity contribution in [1.82, 2.24) is 4.98 Å². The summed E-state index contributed by atoms with van der Waals surface area (Å²) >= 11 is 2.46. The summed E-state index contributed by atoms with van der Waals surface area (Å²) in [6, 6.07) is 1.66. The van der Waals surface area contributed by atoms with Gasteiger partial charge in [0.2, 0.25) is 0 Å². The molecule has 2 N–H and O–H groups in total. The minimum Gasteiger partial charge on any atom is -0.482 e. The van der Waals surface area contributed by atoms with Gasteiger partial charge in [-0.25, -0.2) is 9.78 Å². The highest BCUT2D eigenvalue weighted by Crippen LogP contribution is 2.29. The SMILES string of the molecule is CCc1cc(OCC(=O)Nc2nccs2)c(C(=O)O)s1. The first-order chi connectivity index (χ1) is 9.60. The highest BCUT2D eigenvalue weighted by molar-refractivity contribution is 7.14. The normalized spacial score (nSPS) is 10.2. The second kappa shape index (κ2) is 6.49. The maximum absolute atomic E-state index is 11.6. The van der Waals surface area contributed by atoms with E-state index < -0.39 is 5.97 Å². The molecule has 0 radical (unpaired) electrons. The lowest BCUT2D eigenvalue weighted by atomic mass is 10.3. The quantitative estimate of drug-likeness (QED) is 0.855. The number of aromatic carboxylic acids is 1. The van der Waals surface area contributed by atoms with E-state index in [4.69, 9.17) is 9.84 Å². The lowest BCUT2D eigenvalue weighted by Crippen LogP contribution is -2.20.